The van der Waals surface area contributed by atoms with E-state index in [9.17, 15) is 14.9 Å². The lowest BCUT2D eigenvalue weighted by molar-refractivity contribution is -0.548. The minimum atomic E-state index is -0.711. The van der Waals surface area contributed by atoms with Crippen LogP contribution in [0.5, 0.6) is 0 Å². The van der Waals surface area contributed by atoms with Crippen LogP contribution in [0.25, 0.3) is 0 Å². The molecule has 4 rings (SSSR count). The second-order valence-electron chi connectivity index (χ2n) is 6.39. The van der Waals surface area contributed by atoms with Crippen LogP contribution in [0.15, 0.2) is 22.8 Å². The van der Waals surface area contributed by atoms with Crippen molar-refractivity contribution in [3.05, 3.63) is 34.3 Å². The summed E-state index contributed by atoms with van der Waals surface area (Å²) >= 11 is 0. The van der Waals surface area contributed by atoms with Crippen LogP contribution in [-0.4, -0.2) is 16.7 Å². The average Bonchev–Trinajstić information content (AvgIpc) is 2.82. The molecule has 3 aliphatic carbocycles. The number of nitrogens with zero attached hydrogens (tertiary/aromatic N) is 1. The number of nitro groups is 1. The smallest absolute Gasteiger partial charge is 0.227 e. The Balaban J connectivity index is 2.08. The Morgan fingerprint density at radius 1 is 1.47 bits per heavy atom. The summed E-state index contributed by atoms with van der Waals surface area (Å²) in [7, 11) is 0. The molecule has 0 spiro atoms. The van der Waals surface area contributed by atoms with Crippen LogP contribution in [0.3, 0.4) is 0 Å². The van der Waals surface area contributed by atoms with Gasteiger partial charge >= 0.3 is 0 Å². The topological polar surface area (TPSA) is 73.3 Å². The number of fused-ring (bicyclic) bond motifs is 3. The van der Waals surface area contributed by atoms with E-state index in [4.69, 9.17) is 4.42 Å². The summed E-state index contributed by atoms with van der Waals surface area (Å²) in [5.41, 5.74) is -0.153. The maximum Gasteiger partial charge on any atom is 0.227 e. The van der Waals surface area contributed by atoms with Crippen LogP contribution in [0.2, 0.25) is 0 Å². The molecule has 0 unspecified atom stereocenters. The van der Waals surface area contributed by atoms with Gasteiger partial charge in [-0.2, -0.15) is 0 Å². The van der Waals surface area contributed by atoms with Crippen molar-refractivity contribution in [2.45, 2.75) is 38.6 Å². The molecule has 1 aromatic heterocycles. The van der Waals surface area contributed by atoms with Gasteiger partial charge in [-0.05, 0) is 24.0 Å². The minimum absolute atomic E-state index is 0.153. The molecule has 1 heterocycles. The Kier molecular flexibility index (Phi) is 2.56. The van der Waals surface area contributed by atoms with Crippen LogP contribution < -0.4 is 0 Å². The largest absolute Gasteiger partial charge is 0.469 e. The number of carbonyl (C=O) groups is 1. The van der Waals surface area contributed by atoms with E-state index in [0.29, 0.717) is 18.6 Å². The van der Waals surface area contributed by atoms with Gasteiger partial charge in [0.05, 0.1) is 12.2 Å². The van der Waals surface area contributed by atoms with Gasteiger partial charge in [-0.25, -0.2) is 0 Å². The number of ketones is 1. The molecule has 102 valence electrons. The first-order valence-corrected chi connectivity index (χ1v) is 6.61. The highest BCUT2D eigenvalue weighted by atomic mass is 16.6. The van der Waals surface area contributed by atoms with Crippen LogP contribution in [0, 0.1) is 27.4 Å². The number of carbonyl (C=O) groups excluding carboxylic acids is 1. The molecule has 0 N–H and O–H groups in total. The third kappa shape index (κ3) is 1.71. The van der Waals surface area contributed by atoms with Gasteiger partial charge < -0.3 is 4.42 Å². The third-order valence-corrected chi connectivity index (χ3v) is 4.91. The van der Waals surface area contributed by atoms with E-state index >= 15 is 0 Å². The molecule has 0 saturated heterocycles. The van der Waals surface area contributed by atoms with Crippen molar-refractivity contribution in [2.24, 2.45) is 17.3 Å². The number of hydrogen-bond acceptors (Lipinski definition) is 4. The molecule has 3 aliphatic rings. The molecule has 4 atom stereocenters. The lowest BCUT2D eigenvalue weighted by Crippen LogP contribution is -2.57. The predicted molar refractivity (Wildman–Crippen MR) is 67.2 cm³/mol. The minimum Gasteiger partial charge on any atom is -0.469 e. The highest BCUT2D eigenvalue weighted by Gasteiger charge is 2.62. The number of rotatable bonds is 2. The summed E-state index contributed by atoms with van der Waals surface area (Å²) in [6.45, 7) is 4.07. The van der Waals surface area contributed by atoms with E-state index in [0.717, 1.165) is 0 Å². The maximum atomic E-state index is 12.2. The van der Waals surface area contributed by atoms with Gasteiger partial charge in [0.2, 0.25) is 6.04 Å². The molecule has 0 amide bonds. The fraction of sp³-hybridized carbons (Fsp3) is 0.643. The van der Waals surface area contributed by atoms with Crippen molar-refractivity contribution in [3.8, 4) is 0 Å². The van der Waals surface area contributed by atoms with Crippen LogP contribution >= 0.6 is 0 Å². The molecule has 2 bridgehead atoms. The standard InChI is InChI=1S/C14H17NO4/c1-14(2)7-8-10(16)6-9(14)13(15(17)18)12(8)11-4-3-5-19-11/h3-5,8-9,12-13H,6-7H2,1-2H3/t8-,9+,12-,13+/m1/s1. The molecule has 3 saturated carbocycles. The van der Waals surface area contributed by atoms with Gasteiger partial charge in [-0.15, -0.1) is 0 Å². The van der Waals surface area contributed by atoms with E-state index in [1.54, 1.807) is 12.1 Å². The summed E-state index contributed by atoms with van der Waals surface area (Å²) in [6, 6.07) is 2.77. The average molecular weight is 263 g/mol. The highest BCUT2D eigenvalue weighted by molar-refractivity contribution is 5.84. The fourth-order valence-electron chi connectivity index (χ4n) is 4.00. The first kappa shape index (κ1) is 12.4. The molecule has 5 nitrogen and oxygen atoms in total. The lowest BCUT2D eigenvalue weighted by Gasteiger charge is -2.51. The Labute approximate surface area is 111 Å². The number of hydrogen-bond donors (Lipinski definition) is 0. The second kappa shape index (κ2) is 3.92. The summed E-state index contributed by atoms with van der Waals surface area (Å²) in [5.74, 6) is -0.134. The zero-order valence-electron chi connectivity index (χ0n) is 11.0. The van der Waals surface area contributed by atoms with Crippen molar-refractivity contribution in [3.63, 3.8) is 0 Å². The molecular formula is C14H17NO4. The predicted octanol–water partition coefficient (Wildman–Crippen LogP) is 2.64. The molecule has 0 aliphatic heterocycles. The van der Waals surface area contributed by atoms with Crippen molar-refractivity contribution in [1.29, 1.82) is 0 Å². The Bertz CT molecular complexity index is 520. The van der Waals surface area contributed by atoms with Crippen molar-refractivity contribution < 1.29 is 14.1 Å². The van der Waals surface area contributed by atoms with E-state index < -0.39 is 12.0 Å². The third-order valence-electron chi connectivity index (χ3n) is 4.91. The second-order valence-corrected chi connectivity index (χ2v) is 6.39. The zero-order valence-corrected chi connectivity index (χ0v) is 11.0. The van der Waals surface area contributed by atoms with Gasteiger partial charge in [-0.3, -0.25) is 14.9 Å². The number of Topliss-reactive ketones (excluding diaryl/α,β-unsaturated/α-hetero) is 1. The van der Waals surface area contributed by atoms with Gasteiger partial charge in [0, 0.05) is 23.2 Å². The Hall–Kier alpha value is -1.65. The molecule has 0 radical (unpaired) electrons. The Morgan fingerprint density at radius 3 is 2.79 bits per heavy atom. The van der Waals surface area contributed by atoms with E-state index in [2.05, 4.69) is 0 Å². The van der Waals surface area contributed by atoms with Gasteiger partial charge in [0.1, 0.15) is 11.5 Å². The van der Waals surface area contributed by atoms with Gasteiger partial charge in [0.15, 0.2) is 0 Å². The molecule has 5 heteroatoms. The van der Waals surface area contributed by atoms with E-state index in [1.165, 1.54) is 6.26 Å². The summed E-state index contributed by atoms with van der Waals surface area (Å²) < 4.78 is 5.37. The number of furan rings is 1. The summed E-state index contributed by atoms with van der Waals surface area (Å²) in [5, 5.41) is 11.5. The molecule has 3 fully saturated rings. The van der Waals surface area contributed by atoms with Crippen LogP contribution in [-0.2, 0) is 4.79 Å². The molecule has 0 aromatic carbocycles. The zero-order chi connectivity index (χ0) is 13.8. The summed E-state index contributed by atoms with van der Waals surface area (Å²) in [6.07, 6.45) is 2.57. The van der Waals surface area contributed by atoms with Gasteiger partial charge in [-0.1, -0.05) is 13.8 Å². The van der Waals surface area contributed by atoms with Crippen molar-refractivity contribution in [1.82, 2.24) is 0 Å². The first-order chi connectivity index (χ1) is 8.92. The van der Waals surface area contributed by atoms with Crippen molar-refractivity contribution in [2.75, 3.05) is 0 Å². The molecular weight excluding hydrogens is 246 g/mol. The molecule has 19 heavy (non-hydrogen) atoms. The quantitative estimate of drug-likeness (QED) is 0.607. The highest BCUT2D eigenvalue weighted by Crippen LogP contribution is 2.57. The monoisotopic (exact) mass is 263 g/mol. The maximum absolute atomic E-state index is 12.2. The van der Waals surface area contributed by atoms with Crippen LogP contribution in [0.1, 0.15) is 38.4 Å². The normalized spacial score (nSPS) is 36.4. The van der Waals surface area contributed by atoms with Gasteiger partial charge in [0.25, 0.3) is 0 Å². The fourth-order valence-corrected chi connectivity index (χ4v) is 4.00. The van der Waals surface area contributed by atoms with E-state index in [-0.39, 0.29) is 28.0 Å². The van der Waals surface area contributed by atoms with E-state index in [1.807, 2.05) is 13.8 Å². The van der Waals surface area contributed by atoms with Crippen molar-refractivity contribution >= 4 is 5.78 Å². The SMILES string of the molecule is CC1(C)C[C@@H]2C(=O)C[C@H]1[C@H]([N+](=O)[O-])[C@H]2c1ccco1. The first-order valence-electron chi connectivity index (χ1n) is 6.61. The van der Waals surface area contributed by atoms with Crippen LogP contribution in [0.4, 0.5) is 0 Å². The molecule has 1 aromatic rings. The lowest BCUT2D eigenvalue weighted by atomic mass is 9.51. The summed E-state index contributed by atoms with van der Waals surface area (Å²) in [4.78, 5) is 23.4. The Morgan fingerprint density at radius 2 is 2.21 bits per heavy atom.